The van der Waals surface area contributed by atoms with Crippen LogP contribution in [0.15, 0.2) is 0 Å². The number of primary amides is 1. The third kappa shape index (κ3) is 23.1. The van der Waals surface area contributed by atoms with Crippen molar-refractivity contribution in [1.29, 1.82) is 0 Å². The molecule has 0 aliphatic rings. The van der Waals surface area contributed by atoms with E-state index in [-0.39, 0.29) is 25.7 Å². The lowest BCUT2D eigenvalue weighted by Gasteiger charge is -2.23. The van der Waals surface area contributed by atoms with E-state index in [4.69, 9.17) is 5.73 Å². The number of carbonyl (C=O) groups excluding carboxylic acids is 8. The molecule has 0 unspecified atom stereocenters. The first-order chi connectivity index (χ1) is 25.6. The van der Waals surface area contributed by atoms with Gasteiger partial charge in [0, 0.05) is 45.6 Å². The van der Waals surface area contributed by atoms with E-state index < -0.39 is 102 Å². The first-order valence-electron chi connectivity index (χ1n) is 19.8. The number of hydrogen-bond donors (Lipinski definition) is 7. The Balaban J connectivity index is 4.83. The van der Waals surface area contributed by atoms with E-state index in [1.807, 2.05) is 0 Å². The number of rotatable bonds is 33. The lowest BCUT2D eigenvalue weighted by atomic mass is 9.92. The molecule has 0 saturated carbocycles. The van der Waals surface area contributed by atoms with Crippen LogP contribution in [0.4, 0.5) is 0 Å². The van der Waals surface area contributed by atoms with Crippen LogP contribution in [0.2, 0.25) is 0 Å². The van der Waals surface area contributed by atoms with E-state index in [0.29, 0.717) is 6.42 Å². The second-order valence-corrected chi connectivity index (χ2v) is 14.5. The predicted octanol–water partition coefficient (Wildman–Crippen LogP) is 2.46. The molecular weight excluding hydrogens is 698 g/mol. The third-order valence-electron chi connectivity index (χ3n) is 9.50. The van der Waals surface area contributed by atoms with Crippen molar-refractivity contribution < 1.29 is 48.6 Å². The zero-order valence-electron chi connectivity index (χ0n) is 33.3. The lowest BCUT2D eigenvalue weighted by molar-refractivity contribution is -0.136. The number of carbonyl (C=O) groups is 8. The molecule has 310 valence electrons. The molecule has 0 aromatic rings. The van der Waals surface area contributed by atoms with Crippen LogP contribution < -0.4 is 27.0 Å². The standard InChI is InChI=1S/C39H69N5O10/c1-6-7-8-9-10-11-12-13-14-15-16-17-18-19-35(51)44-37(28(4)46)33(49)22-29(24-34(40)50)39(54)43-26(2)31(47)20-21-36(52)42-27(3)32(48)23-30(25-45)38(53)41-5/h26-30,37,45-46H,6-25H2,1-5H3,(H2,40,50)(H,41,53)(H,42,52)(H,43,54)(H,44,51)/t26-,27-,28+,29-,30-,37-/m0/s1. The van der Waals surface area contributed by atoms with Gasteiger partial charge in [0.25, 0.3) is 0 Å². The number of nitrogens with two attached hydrogens (primary N) is 1. The average Bonchev–Trinajstić information content (AvgIpc) is 3.12. The predicted molar refractivity (Wildman–Crippen MR) is 205 cm³/mol. The van der Waals surface area contributed by atoms with E-state index in [1.165, 1.54) is 85.6 Å². The molecule has 0 aromatic heterocycles. The van der Waals surface area contributed by atoms with Crippen LogP contribution in [0.1, 0.15) is 150 Å². The average molecular weight is 768 g/mol. The Morgan fingerprint density at radius 2 is 1.04 bits per heavy atom. The number of nitrogens with one attached hydrogen (secondary N) is 4. The van der Waals surface area contributed by atoms with Gasteiger partial charge < -0.3 is 37.2 Å². The van der Waals surface area contributed by atoms with Crippen LogP contribution in [0, 0.1) is 11.8 Å². The second-order valence-electron chi connectivity index (χ2n) is 14.5. The molecule has 54 heavy (non-hydrogen) atoms. The molecule has 15 nitrogen and oxygen atoms in total. The fraction of sp³-hybridized carbons (Fsp3) is 0.795. The summed E-state index contributed by atoms with van der Waals surface area (Å²) in [5, 5.41) is 29.4. The Labute approximate surface area is 321 Å². The Bertz CT molecular complexity index is 1190. The largest absolute Gasteiger partial charge is 0.396 e. The summed E-state index contributed by atoms with van der Waals surface area (Å²) in [5.41, 5.74) is 5.34. The molecule has 0 fully saturated rings. The number of unbranched alkanes of at least 4 members (excludes halogenated alkanes) is 12. The molecule has 5 amide bonds. The quantitative estimate of drug-likeness (QED) is 0.0481. The molecule has 0 rings (SSSR count). The maximum Gasteiger partial charge on any atom is 0.225 e. The van der Waals surface area contributed by atoms with Crippen molar-refractivity contribution in [2.24, 2.45) is 17.6 Å². The highest BCUT2D eigenvalue weighted by molar-refractivity contribution is 5.97. The molecule has 8 N–H and O–H groups in total. The van der Waals surface area contributed by atoms with Crippen LogP contribution in [-0.2, 0) is 38.4 Å². The monoisotopic (exact) mass is 768 g/mol. The Hall–Kier alpha value is -3.72. The van der Waals surface area contributed by atoms with E-state index in [2.05, 4.69) is 28.2 Å². The third-order valence-corrected chi connectivity index (χ3v) is 9.50. The van der Waals surface area contributed by atoms with Crippen molar-refractivity contribution in [3.8, 4) is 0 Å². The molecule has 0 aromatic carbocycles. The van der Waals surface area contributed by atoms with Gasteiger partial charge >= 0.3 is 0 Å². The number of hydrogen-bond acceptors (Lipinski definition) is 10. The van der Waals surface area contributed by atoms with Gasteiger partial charge in [-0.3, -0.25) is 38.4 Å². The number of Topliss-reactive ketones (excluding diaryl/α,β-unsaturated/α-hetero) is 3. The van der Waals surface area contributed by atoms with Crippen LogP contribution in [0.3, 0.4) is 0 Å². The molecular formula is C39H69N5O10. The molecule has 0 radical (unpaired) electrons. The second kappa shape index (κ2) is 29.6. The molecule has 0 heterocycles. The number of ketones is 3. The van der Waals surface area contributed by atoms with Gasteiger partial charge in [0.2, 0.25) is 29.5 Å². The summed E-state index contributed by atoms with van der Waals surface area (Å²) in [6, 6.07) is -3.40. The first-order valence-corrected chi connectivity index (χ1v) is 19.8. The van der Waals surface area contributed by atoms with Gasteiger partial charge in [-0.05, 0) is 27.2 Å². The van der Waals surface area contributed by atoms with Crippen LogP contribution in [-0.4, -0.2) is 95.0 Å². The summed E-state index contributed by atoms with van der Waals surface area (Å²) in [6.07, 6.45) is 12.0. The zero-order chi connectivity index (χ0) is 41.1. The van der Waals surface area contributed by atoms with Gasteiger partial charge in [-0.25, -0.2) is 0 Å². The highest BCUT2D eigenvalue weighted by atomic mass is 16.3. The van der Waals surface area contributed by atoms with Crippen molar-refractivity contribution >= 4 is 46.9 Å². The Morgan fingerprint density at radius 3 is 1.52 bits per heavy atom. The summed E-state index contributed by atoms with van der Waals surface area (Å²) in [5.74, 6) is -7.18. The normalized spacial score (nSPS) is 14.4. The highest BCUT2D eigenvalue weighted by Gasteiger charge is 2.32. The smallest absolute Gasteiger partial charge is 0.225 e. The molecule has 0 saturated heterocycles. The maximum absolute atomic E-state index is 13.2. The van der Waals surface area contributed by atoms with Crippen molar-refractivity contribution in [3.05, 3.63) is 0 Å². The fourth-order valence-electron chi connectivity index (χ4n) is 6.01. The van der Waals surface area contributed by atoms with Crippen LogP contribution in [0.5, 0.6) is 0 Å². The SMILES string of the molecule is CCCCCCCCCCCCCCCC(=O)N[C@H](C(=O)C[C@@H](CC(N)=O)C(=O)N[C@@H](C)C(=O)CCC(=O)N[C@@H](C)C(=O)C[C@@H](CO)C(=O)NC)[C@@H](C)O. The van der Waals surface area contributed by atoms with Crippen LogP contribution >= 0.6 is 0 Å². The summed E-state index contributed by atoms with van der Waals surface area (Å²) in [7, 11) is 1.37. The van der Waals surface area contributed by atoms with Gasteiger partial charge in [-0.2, -0.15) is 0 Å². The van der Waals surface area contributed by atoms with Crippen molar-refractivity contribution in [1.82, 2.24) is 21.3 Å². The minimum absolute atomic E-state index is 0.175. The van der Waals surface area contributed by atoms with Gasteiger partial charge in [-0.1, -0.05) is 84.0 Å². The number of amides is 5. The highest BCUT2D eigenvalue weighted by Crippen LogP contribution is 2.16. The Morgan fingerprint density at radius 1 is 0.556 bits per heavy atom. The summed E-state index contributed by atoms with van der Waals surface area (Å²) in [6.45, 7) is 5.79. The molecule has 15 heteroatoms. The minimum Gasteiger partial charge on any atom is -0.396 e. The summed E-state index contributed by atoms with van der Waals surface area (Å²) in [4.78, 5) is 100.0. The number of aliphatic hydroxyl groups is 2. The topological polar surface area (TPSA) is 251 Å². The zero-order valence-corrected chi connectivity index (χ0v) is 33.3. The molecule has 0 spiro atoms. The molecule has 0 aliphatic carbocycles. The van der Waals surface area contributed by atoms with Gasteiger partial charge in [-0.15, -0.1) is 0 Å². The summed E-state index contributed by atoms with van der Waals surface area (Å²) < 4.78 is 0. The first kappa shape index (κ1) is 50.3. The van der Waals surface area contributed by atoms with E-state index in [0.717, 1.165) is 19.3 Å². The maximum atomic E-state index is 13.2. The van der Waals surface area contributed by atoms with Crippen LogP contribution in [0.25, 0.3) is 0 Å². The number of aliphatic hydroxyl groups excluding tert-OH is 2. The van der Waals surface area contributed by atoms with E-state index in [9.17, 15) is 48.6 Å². The van der Waals surface area contributed by atoms with Crippen molar-refractivity contribution in [3.63, 3.8) is 0 Å². The van der Waals surface area contributed by atoms with Gasteiger partial charge in [0.15, 0.2) is 17.3 Å². The van der Waals surface area contributed by atoms with Gasteiger partial charge in [0.05, 0.1) is 36.6 Å². The van der Waals surface area contributed by atoms with E-state index in [1.54, 1.807) is 0 Å². The lowest BCUT2D eigenvalue weighted by Crippen LogP contribution is -2.49. The van der Waals surface area contributed by atoms with Gasteiger partial charge in [0.1, 0.15) is 6.04 Å². The van der Waals surface area contributed by atoms with Crippen molar-refractivity contribution in [2.75, 3.05) is 13.7 Å². The minimum atomic E-state index is -1.31. The molecule has 6 atom stereocenters. The molecule has 0 aliphatic heterocycles. The molecule has 0 bridgehead atoms. The van der Waals surface area contributed by atoms with Crippen molar-refractivity contribution in [2.45, 2.75) is 174 Å². The Kier molecular flexibility index (Phi) is 27.6. The fourth-order valence-corrected chi connectivity index (χ4v) is 6.01. The van der Waals surface area contributed by atoms with E-state index >= 15 is 0 Å². The summed E-state index contributed by atoms with van der Waals surface area (Å²) >= 11 is 0.